The van der Waals surface area contributed by atoms with Crippen LogP contribution in [0.1, 0.15) is 43.6 Å². The number of anilines is 1. The van der Waals surface area contributed by atoms with E-state index in [1.54, 1.807) is 0 Å². The van der Waals surface area contributed by atoms with E-state index in [1.807, 2.05) is 24.3 Å². The van der Waals surface area contributed by atoms with Crippen molar-refractivity contribution in [3.05, 3.63) is 65.6 Å². The van der Waals surface area contributed by atoms with Crippen molar-refractivity contribution >= 4 is 11.6 Å². The Morgan fingerprint density at radius 3 is 2.43 bits per heavy atom. The van der Waals surface area contributed by atoms with E-state index in [0.717, 1.165) is 23.8 Å². The van der Waals surface area contributed by atoms with Crippen molar-refractivity contribution in [2.75, 3.05) is 11.4 Å². The second-order valence-electron chi connectivity index (χ2n) is 7.27. The first kappa shape index (κ1) is 18.3. The summed E-state index contributed by atoms with van der Waals surface area (Å²) in [6.07, 6.45) is 0.145. The Balaban J connectivity index is 1.53. The van der Waals surface area contributed by atoms with Crippen LogP contribution in [-0.4, -0.2) is 22.6 Å². The van der Waals surface area contributed by atoms with Gasteiger partial charge < -0.3 is 9.42 Å². The van der Waals surface area contributed by atoms with Gasteiger partial charge in [-0.05, 0) is 23.6 Å². The Bertz CT molecular complexity index is 994. The monoisotopic (exact) mass is 383 g/mol. The Morgan fingerprint density at radius 2 is 1.79 bits per heavy atom. The van der Waals surface area contributed by atoms with Crippen LogP contribution in [-0.2, 0) is 4.79 Å². The van der Waals surface area contributed by atoms with Crippen LogP contribution >= 0.6 is 0 Å². The first-order valence-corrected chi connectivity index (χ1v) is 9.11. The summed E-state index contributed by atoms with van der Waals surface area (Å²) in [5.74, 6) is -0.792. The molecule has 28 heavy (non-hydrogen) atoms. The van der Waals surface area contributed by atoms with Crippen LogP contribution in [0.4, 0.5) is 14.5 Å². The lowest BCUT2D eigenvalue weighted by Gasteiger charge is -2.16. The van der Waals surface area contributed by atoms with Crippen LogP contribution in [0.2, 0.25) is 0 Å². The van der Waals surface area contributed by atoms with Gasteiger partial charge in [-0.2, -0.15) is 4.98 Å². The molecule has 5 nitrogen and oxygen atoms in total. The summed E-state index contributed by atoms with van der Waals surface area (Å²) in [4.78, 5) is 18.1. The van der Waals surface area contributed by atoms with E-state index < -0.39 is 11.6 Å². The second kappa shape index (κ2) is 7.14. The molecule has 1 atom stereocenters. The van der Waals surface area contributed by atoms with E-state index in [9.17, 15) is 13.6 Å². The van der Waals surface area contributed by atoms with Crippen molar-refractivity contribution in [1.29, 1.82) is 0 Å². The van der Waals surface area contributed by atoms with Gasteiger partial charge >= 0.3 is 0 Å². The standard InChI is InChI=1S/C21H19F2N3O2/c1-12(2)13-3-5-14(6-4-13)20-24-21(28-25-20)15-7-19(27)26(11-15)18-9-16(22)8-17(23)10-18/h3-6,8-10,12,15H,7,11H2,1-2H3. The Labute approximate surface area is 161 Å². The molecule has 2 aromatic carbocycles. The average molecular weight is 383 g/mol. The second-order valence-corrected chi connectivity index (χ2v) is 7.27. The van der Waals surface area contributed by atoms with Crippen LogP contribution in [0, 0.1) is 11.6 Å². The van der Waals surface area contributed by atoms with Gasteiger partial charge in [-0.1, -0.05) is 43.3 Å². The fourth-order valence-corrected chi connectivity index (χ4v) is 3.35. The average Bonchev–Trinajstić information content (AvgIpc) is 3.28. The zero-order valence-corrected chi connectivity index (χ0v) is 15.5. The largest absolute Gasteiger partial charge is 0.339 e. The molecule has 0 aliphatic carbocycles. The first-order valence-electron chi connectivity index (χ1n) is 9.11. The van der Waals surface area contributed by atoms with Gasteiger partial charge in [0, 0.05) is 30.3 Å². The maximum atomic E-state index is 13.5. The number of halogens is 2. The first-order chi connectivity index (χ1) is 13.4. The van der Waals surface area contributed by atoms with Crippen LogP contribution in [0.5, 0.6) is 0 Å². The van der Waals surface area contributed by atoms with Gasteiger partial charge in [0.15, 0.2) is 0 Å². The van der Waals surface area contributed by atoms with Crippen LogP contribution in [0.25, 0.3) is 11.4 Å². The molecule has 0 radical (unpaired) electrons. The van der Waals surface area contributed by atoms with E-state index >= 15 is 0 Å². The quantitative estimate of drug-likeness (QED) is 0.658. The lowest BCUT2D eigenvalue weighted by molar-refractivity contribution is -0.117. The Morgan fingerprint density at radius 1 is 1.11 bits per heavy atom. The number of rotatable bonds is 4. The highest BCUT2D eigenvalue weighted by Gasteiger charge is 2.35. The highest BCUT2D eigenvalue weighted by molar-refractivity contribution is 5.96. The van der Waals surface area contributed by atoms with Crippen LogP contribution in [0.15, 0.2) is 47.0 Å². The summed E-state index contributed by atoms with van der Waals surface area (Å²) in [6.45, 7) is 4.47. The highest BCUT2D eigenvalue weighted by Crippen LogP contribution is 2.32. The fraction of sp³-hybridized carbons (Fsp3) is 0.286. The molecular formula is C21H19F2N3O2. The van der Waals surface area contributed by atoms with Gasteiger partial charge in [-0.15, -0.1) is 0 Å². The molecule has 0 N–H and O–H groups in total. The van der Waals surface area contributed by atoms with Crippen molar-refractivity contribution in [3.8, 4) is 11.4 Å². The van der Waals surface area contributed by atoms with E-state index in [1.165, 1.54) is 10.5 Å². The normalized spacial score (nSPS) is 17.0. The van der Waals surface area contributed by atoms with Crippen molar-refractivity contribution in [2.24, 2.45) is 0 Å². The summed E-state index contributed by atoms with van der Waals surface area (Å²) in [5, 5.41) is 4.02. The minimum Gasteiger partial charge on any atom is -0.339 e. The molecular weight excluding hydrogens is 364 g/mol. The summed E-state index contributed by atoms with van der Waals surface area (Å²) >= 11 is 0. The third kappa shape index (κ3) is 3.52. The smallest absolute Gasteiger partial charge is 0.232 e. The molecule has 1 saturated heterocycles. The van der Waals surface area contributed by atoms with Crippen LogP contribution < -0.4 is 4.90 Å². The predicted octanol–water partition coefficient (Wildman–Crippen LogP) is 4.66. The highest BCUT2D eigenvalue weighted by atomic mass is 19.1. The van der Waals surface area contributed by atoms with Gasteiger partial charge in [-0.3, -0.25) is 4.79 Å². The number of aromatic nitrogens is 2. The number of nitrogens with zero attached hydrogens (tertiary/aromatic N) is 3. The zero-order valence-electron chi connectivity index (χ0n) is 15.5. The SMILES string of the molecule is CC(C)c1ccc(-c2noc(C3CC(=O)N(c4cc(F)cc(F)c4)C3)n2)cc1. The van der Waals surface area contributed by atoms with Crippen LogP contribution in [0.3, 0.4) is 0 Å². The molecule has 1 aliphatic heterocycles. The van der Waals surface area contributed by atoms with Gasteiger partial charge in [0.25, 0.3) is 0 Å². The minimum atomic E-state index is -0.726. The molecule has 1 aliphatic rings. The molecule has 1 fully saturated rings. The van der Waals surface area contributed by atoms with Crippen molar-refractivity contribution in [1.82, 2.24) is 10.1 Å². The van der Waals surface area contributed by atoms with Crippen molar-refractivity contribution < 1.29 is 18.1 Å². The Hall–Kier alpha value is -3.09. The predicted molar refractivity (Wildman–Crippen MR) is 99.9 cm³/mol. The maximum absolute atomic E-state index is 13.5. The molecule has 4 rings (SSSR count). The molecule has 2 heterocycles. The minimum absolute atomic E-state index is 0.145. The van der Waals surface area contributed by atoms with E-state index in [-0.39, 0.29) is 30.5 Å². The van der Waals surface area contributed by atoms with Gasteiger partial charge in [0.05, 0.1) is 5.92 Å². The molecule has 1 aromatic heterocycles. The number of hydrogen-bond acceptors (Lipinski definition) is 4. The summed E-state index contributed by atoms with van der Waals surface area (Å²) in [5.41, 5.74) is 2.23. The summed E-state index contributed by atoms with van der Waals surface area (Å²) in [7, 11) is 0. The van der Waals surface area contributed by atoms with E-state index in [4.69, 9.17) is 4.52 Å². The molecule has 1 unspecified atom stereocenters. The van der Waals surface area contributed by atoms with Crippen molar-refractivity contribution in [2.45, 2.75) is 32.1 Å². The van der Waals surface area contributed by atoms with Gasteiger partial charge in [-0.25, -0.2) is 8.78 Å². The third-order valence-corrected chi connectivity index (χ3v) is 4.91. The zero-order chi connectivity index (χ0) is 19.8. The molecule has 0 spiro atoms. The van der Waals surface area contributed by atoms with E-state index in [0.29, 0.717) is 17.6 Å². The summed E-state index contributed by atoms with van der Waals surface area (Å²) in [6, 6.07) is 11.0. The fourth-order valence-electron chi connectivity index (χ4n) is 3.35. The number of carbonyl (C=O) groups excluding carboxylic acids is 1. The number of benzene rings is 2. The Kier molecular flexibility index (Phi) is 4.66. The van der Waals surface area contributed by atoms with Gasteiger partial charge in [0.2, 0.25) is 17.6 Å². The number of hydrogen-bond donors (Lipinski definition) is 0. The maximum Gasteiger partial charge on any atom is 0.232 e. The third-order valence-electron chi connectivity index (χ3n) is 4.91. The molecule has 144 valence electrons. The van der Waals surface area contributed by atoms with Gasteiger partial charge in [0.1, 0.15) is 11.6 Å². The lowest BCUT2D eigenvalue weighted by atomic mass is 10.0. The topological polar surface area (TPSA) is 59.2 Å². The molecule has 0 saturated carbocycles. The van der Waals surface area contributed by atoms with E-state index in [2.05, 4.69) is 24.0 Å². The van der Waals surface area contributed by atoms with Crippen molar-refractivity contribution in [3.63, 3.8) is 0 Å². The lowest BCUT2D eigenvalue weighted by Crippen LogP contribution is -2.24. The molecule has 7 heteroatoms. The molecule has 1 amide bonds. The molecule has 0 bridgehead atoms. The number of carbonyl (C=O) groups is 1. The number of amides is 1. The summed E-state index contributed by atoms with van der Waals surface area (Å²) < 4.78 is 32.3. The molecule has 3 aromatic rings.